The number of para-hydroxylation sites is 1. The normalized spacial score (nSPS) is 20.6. The Kier molecular flexibility index (Phi) is 5.51. The van der Waals surface area contributed by atoms with Crippen LogP contribution >= 0.6 is 0 Å². The van der Waals surface area contributed by atoms with Gasteiger partial charge in [0.25, 0.3) is 0 Å². The smallest absolute Gasteiger partial charge is 0.411 e. The summed E-state index contributed by atoms with van der Waals surface area (Å²) in [6.45, 7) is 0.514. The van der Waals surface area contributed by atoms with E-state index in [9.17, 15) is 18.0 Å². The SMILES string of the molecule is CN1c2ccccc2[C@H]2C[C@@H](NC(=O)C(F)(F)F)CCN2c2ccc(CC=NO)cc21. The van der Waals surface area contributed by atoms with Crippen molar-refractivity contribution in [2.75, 3.05) is 23.4 Å². The van der Waals surface area contributed by atoms with Crippen LogP contribution in [0.4, 0.5) is 30.2 Å². The lowest BCUT2D eigenvalue weighted by molar-refractivity contribution is -0.174. The molecule has 0 saturated carbocycles. The number of amides is 1. The van der Waals surface area contributed by atoms with E-state index in [0.717, 1.165) is 28.2 Å². The van der Waals surface area contributed by atoms with Crippen LogP contribution in [0.25, 0.3) is 0 Å². The van der Waals surface area contributed by atoms with Crippen molar-refractivity contribution in [3.8, 4) is 0 Å². The first-order valence-corrected chi connectivity index (χ1v) is 10.1. The summed E-state index contributed by atoms with van der Waals surface area (Å²) in [4.78, 5) is 15.8. The second kappa shape index (κ2) is 8.13. The minimum Gasteiger partial charge on any atom is -0.411 e. The number of anilines is 3. The van der Waals surface area contributed by atoms with E-state index in [0.29, 0.717) is 25.8 Å². The van der Waals surface area contributed by atoms with E-state index in [1.807, 2.05) is 49.5 Å². The van der Waals surface area contributed by atoms with E-state index in [4.69, 9.17) is 5.21 Å². The van der Waals surface area contributed by atoms with Crippen molar-refractivity contribution in [1.82, 2.24) is 5.32 Å². The van der Waals surface area contributed by atoms with E-state index in [-0.39, 0.29) is 6.04 Å². The molecule has 164 valence electrons. The van der Waals surface area contributed by atoms with Crippen LogP contribution in [0.5, 0.6) is 0 Å². The number of halogens is 3. The monoisotopic (exact) mass is 432 g/mol. The average molecular weight is 432 g/mol. The molecule has 0 spiro atoms. The Labute approximate surface area is 177 Å². The van der Waals surface area contributed by atoms with Gasteiger partial charge < -0.3 is 20.3 Å². The molecule has 6 nitrogen and oxygen atoms in total. The van der Waals surface area contributed by atoms with Gasteiger partial charge in [0.05, 0.1) is 17.4 Å². The van der Waals surface area contributed by atoms with Gasteiger partial charge in [-0.15, -0.1) is 5.16 Å². The molecule has 31 heavy (non-hydrogen) atoms. The van der Waals surface area contributed by atoms with Crippen molar-refractivity contribution < 1.29 is 23.2 Å². The highest BCUT2D eigenvalue weighted by molar-refractivity contribution is 5.84. The van der Waals surface area contributed by atoms with Crippen molar-refractivity contribution in [3.63, 3.8) is 0 Å². The zero-order valence-corrected chi connectivity index (χ0v) is 16.9. The number of hydrogen-bond acceptors (Lipinski definition) is 5. The van der Waals surface area contributed by atoms with Crippen LogP contribution in [0.3, 0.4) is 0 Å². The van der Waals surface area contributed by atoms with Crippen LogP contribution in [0.15, 0.2) is 47.6 Å². The first-order chi connectivity index (χ1) is 14.8. The van der Waals surface area contributed by atoms with E-state index < -0.39 is 18.1 Å². The van der Waals surface area contributed by atoms with Crippen LogP contribution in [0.1, 0.15) is 30.0 Å². The Bertz CT molecular complexity index is 1010. The summed E-state index contributed by atoms with van der Waals surface area (Å²) in [5.41, 5.74) is 4.90. The topological polar surface area (TPSA) is 68.2 Å². The van der Waals surface area contributed by atoms with Gasteiger partial charge in [-0.1, -0.05) is 24.3 Å². The molecule has 2 aliphatic rings. The second-order valence-corrected chi connectivity index (χ2v) is 7.84. The number of oxime groups is 1. The molecule has 0 aliphatic carbocycles. The molecular weight excluding hydrogens is 409 g/mol. The summed E-state index contributed by atoms with van der Waals surface area (Å²) in [5, 5.41) is 14.0. The fourth-order valence-corrected chi connectivity index (χ4v) is 4.51. The number of rotatable bonds is 3. The van der Waals surface area contributed by atoms with Crippen molar-refractivity contribution in [2.24, 2.45) is 5.16 Å². The first kappa shape index (κ1) is 21.0. The van der Waals surface area contributed by atoms with E-state index in [1.165, 1.54) is 6.21 Å². The maximum atomic E-state index is 12.8. The predicted octanol–water partition coefficient (Wildman–Crippen LogP) is 4.16. The lowest BCUT2D eigenvalue weighted by atomic mass is 9.90. The highest BCUT2D eigenvalue weighted by atomic mass is 19.4. The number of carbonyl (C=O) groups excluding carboxylic acids is 1. The fraction of sp³-hybridized carbons (Fsp3) is 0.364. The molecule has 2 atom stereocenters. The lowest BCUT2D eigenvalue weighted by Crippen LogP contribution is -2.49. The summed E-state index contributed by atoms with van der Waals surface area (Å²) in [6, 6.07) is 13.1. The van der Waals surface area contributed by atoms with Gasteiger partial charge in [0, 0.05) is 38.0 Å². The largest absolute Gasteiger partial charge is 0.471 e. The molecule has 2 aliphatic heterocycles. The Hall–Kier alpha value is -3.23. The predicted molar refractivity (Wildman–Crippen MR) is 112 cm³/mol. The Balaban J connectivity index is 1.72. The molecule has 2 aromatic carbocycles. The maximum Gasteiger partial charge on any atom is 0.471 e. The van der Waals surface area contributed by atoms with Gasteiger partial charge in [-0.3, -0.25) is 4.79 Å². The molecule has 2 N–H and O–H groups in total. The Morgan fingerprint density at radius 2 is 2.00 bits per heavy atom. The third-order valence-corrected chi connectivity index (χ3v) is 5.97. The molecule has 9 heteroatoms. The number of benzene rings is 2. The summed E-state index contributed by atoms with van der Waals surface area (Å²) >= 11 is 0. The van der Waals surface area contributed by atoms with Gasteiger partial charge in [0.15, 0.2) is 0 Å². The number of hydrogen-bond donors (Lipinski definition) is 2. The van der Waals surface area contributed by atoms with Gasteiger partial charge in [0.1, 0.15) is 0 Å². The van der Waals surface area contributed by atoms with Gasteiger partial charge in [-0.25, -0.2) is 0 Å². The molecule has 0 bridgehead atoms. The standard InChI is InChI=1S/C22H23F3N4O2/c1-28-17-5-3-2-4-16(17)19-13-15(27-21(30)22(23,24)25)9-11-29(19)18-7-6-14(8-10-26-31)12-20(18)28/h2-7,10,12,15,19,31H,8-9,11,13H2,1H3,(H,27,30)/t15-,19+/m0/s1. The molecule has 1 saturated heterocycles. The van der Waals surface area contributed by atoms with Crippen molar-refractivity contribution in [3.05, 3.63) is 53.6 Å². The van der Waals surface area contributed by atoms with Crippen LogP contribution in [0, 0.1) is 0 Å². The molecule has 2 aromatic rings. The van der Waals surface area contributed by atoms with Gasteiger partial charge in [-0.2, -0.15) is 13.2 Å². The minimum atomic E-state index is -4.89. The van der Waals surface area contributed by atoms with Crippen molar-refractivity contribution >= 4 is 29.2 Å². The molecular formula is C22H23F3N4O2. The second-order valence-electron chi connectivity index (χ2n) is 7.84. The Morgan fingerprint density at radius 3 is 2.74 bits per heavy atom. The van der Waals surface area contributed by atoms with E-state index >= 15 is 0 Å². The lowest BCUT2D eigenvalue weighted by Gasteiger charge is -2.41. The molecule has 0 radical (unpaired) electrons. The molecule has 2 heterocycles. The molecule has 4 rings (SSSR count). The number of alkyl halides is 3. The van der Waals surface area contributed by atoms with Gasteiger partial charge >= 0.3 is 12.1 Å². The summed E-state index contributed by atoms with van der Waals surface area (Å²) < 4.78 is 38.3. The van der Waals surface area contributed by atoms with Gasteiger partial charge in [0.2, 0.25) is 0 Å². The third kappa shape index (κ3) is 4.04. The number of nitrogens with zero attached hydrogens (tertiary/aromatic N) is 3. The minimum absolute atomic E-state index is 0.169. The number of piperidine rings is 1. The number of fused-ring (bicyclic) bond motifs is 5. The van der Waals surface area contributed by atoms with Crippen LogP contribution in [-0.4, -0.2) is 43.1 Å². The van der Waals surface area contributed by atoms with Gasteiger partial charge in [-0.05, 0) is 42.2 Å². The summed E-state index contributed by atoms with van der Waals surface area (Å²) in [7, 11) is 1.96. The quantitative estimate of drug-likeness (QED) is 0.434. The average Bonchev–Trinajstić information content (AvgIpc) is 2.85. The first-order valence-electron chi connectivity index (χ1n) is 10.1. The summed E-state index contributed by atoms with van der Waals surface area (Å²) in [6.07, 6.45) is -2.19. The van der Waals surface area contributed by atoms with Crippen molar-refractivity contribution in [2.45, 2.75) is 37.5 Å². The fourth-order valence-electron chi connectivity index (χ4n) is 4.51. The number of nitrogens with one attached hydrogen (secondary N) is 1. The molecule has 1 fully saturated rings. The van der Waals surface area contributed by atoms with Crippen LogP contribution in [-0.2, 0) is 11.2 Å². The van der Waals surface area contributed by atoms with E-state index in [2.05, 4.69) is 20.3 Å². The van der Waals surface area contributed by atoms with E-state index in [1.54, 1.807) is 0 Å². The Morgan fingerprint density at radius 1 is 1.23 bits per heavy atom. The highest BCUT2D eigenvalue weighted by Gasteiger charge is 2.42. The highest BCUT2D eigenvalue weighted by Crippen LogP contribution is 2.48. The maximum absolute atomic E-state index is 12.8. The molecule has 1 amide bonds. The zero-order valence-electron chi connectivity index (χ0n) is 16.9. The third-order valence-electron chi connectivity index (χ3n) is 5.97. The van der Waals surface area contributed by atoms with Crippen LogP contribution in [0.2, 0.25) is 0 Å². The molecule has 0 aromatic heterocycles. The molecule has 0 unspecified atom stereocenters. The number of carbonyl (C=O) groups is 1. The van der Waals surface area contributed by atoms with Crippen LogP contribution < -0.4 is 15.1 Å². The summed E-state index contributed by atoms with van der Waals surface area (Å²) in [5.74, 6) is -1.89. The zero-order chi connectivity index (χ0) is 22.2. The van der Waals surface area contributed by atoms with Crippen molar-refractivity contribution in [1.29, 1.82) is 0 Å².